The lowest BCUT2D eigenvalue weighted by Gasteiger charge is -2.29. The third-order valence-electron chi connectivity index (χ3n) is 4.26. The topological polar surface area (TPSA) is 49.6 Å². The number of nitrogens with two attached hydrogens (primary N) is 1. The van der Waals surface area contributed by atoms with E-state index < -0.39 is 0 Å². The van der Waals surface area contributed by atoms with Crippen LogP contribution in [0.4, 0.5) is 5.69 Å². The molecule has 0 aliphatic heterocycles. The first-order chi connectivity index (χ1) is 10.1. The van der Waals surface area contributed by atoms with Gasteiger partial charge in [0.05, 0.1) is 0 Å². The summed E-state index contributed by atoms with van der Waals surface area (Å²) in [4.78, 5) is 16.9. The van der Waals surface area contributed by atoms with Crippen molar-refractivity contribution >= 4 is 11.6 Å². The second kappa shape index (κ2) is 7.46. The molecule has 0 spiro atoms. The standard InChI is InChI=1S/C17H27N3O/c1-19(2)15-10-8-14(9-11-15)17(21)20(13-5-12-18)16-6-3-4-7-16/h8-11,16H,3-7,12-13,18H2,1-2H3. The number of hydrogen-bond acceptors (Lipinski definition) is 3. The van der Waals surface area contributed by atoms with Gasteiger partial charge in [0.1, 0.15) is 0 Å². The van der Waals surface area contributed by atoms with Crippen molar-refractivity contribution in [2.24, 2.45) is 5.73 Å². The number of benzene rings is 1. The quantitative estimate of drug-likeness (QED) is 0.875. The molecule has 1 saturated carbocycles. The Bertz CT molecular complexity index is 450. The van der Waals surface area contributed by atoms with E-state index in [1.54, 1.807) is 0 Å². The lowest BCUT2D eigenvalue weighted by Crippen LogP contribution is -2.40. The van der Waals surface area contributed by atoms with Crippen LogP contribution in [0.15, 0.2) is 24.3 Å². The average Bonchev–Trinajstić information content (AvgIpc) is 3.01. The van der Waals surface area contributed by atoms with Crippen molar-refractivity contribution in [3.8, 4) is 0 Å². The molecule has 1 aromatic rings. The van der Waals surface area contributed by atoms with Gasteiger partial charge in [-0.25, -0.2) is 0 Å². The maximum Gasteiger partial charge on any atom is 0.254 e. The Morgan fingerprint density at radius 3 is 2.33 bits per heavy atom. The molecule has 2 N–H and O–H groups in total. The molecule has 4 heteroatoms. The first kappa shape index (κ1) is 15.8. The Morgan fingerprint density at radius 1 is 1.19 bits per heavy atom. The van der Waals surface area contributed by atoms with Crippen LogP contribution in [0.3, 0.4) is 0 Å². The summed E-state index contributed by atoms with van der Waals surface area (Å²) < 4.78 is 0. The van der Waals surface area contributed by atoms with Crippen molar-refractivity contribution in [3.63, 3.8) is 0 Å². The van der Waals surface area contributed by atoms with Crippen molar-refractivity contribution < 1.29 is 4.79 Å². The zero-order chi connectivity index (χ0) is 15.2. The highest BCUT2D eigenvalue weighted by Gasteiger charge is 2.26. The third-order valence-corrected chi connectivity index (χ3v) is 4.26. The van der Waals surface area contributed by atoms with Crippen LogP contribution in [-0.4, -0.2) is 44.0 Å². The third kappa shape index (κ3) is 3.97. The largest absolute Gasteiger partial charge is 0.378 e. The molecule has 1 aliphatic carbocycles. The Hall–Kier alpha value is -1.55. The number of nitrogens with zero attached hydrogens (tertiary/aromatic N) is 2. The maximum absolute atomic E-state index is 12.8. The van der Waals surface area contributed by atoms with Crippen molar-refractivity contribution in [2.45, 2.75) is 38.1 Å². The molecule has 2 rings (SSSR count). The molecule has 0 heterocycles. The van der Waals surface area contributed by atoms with Gasteiger partial charge in [0.25, 0.3) is 5.91 Å². The Kier molecular flexibility index (Phi) is 5.62. The van der Waals surface area contributed by atoms with Crippen LogP contribution < -0.4 is 10.6 Å². The highest BCUT2D eigenvalue weighted by atomic mass is 16.2. The van der Waals surface area contributed by atoms with E-state index in [0.717, 1.165) is 37.1 Å². The minimum Gasteiger partial charge on any atom is -0.378 e. The minimum absolute atomic E-state index is 0.153. The highest BCUT2D eigenvalue weighted by molar-refractivity contribution is 5.94. The fraction of sp³-hybridized carbons (Fsp3) is 0.588. The SMILES string of the molecule is CN(C)c1ccc(C(=O)N(CCCN)C2CCCC2)cc1. The van der Waals surface area contributed by atoms with Gasteiger partial charge in [-0.2, -0.15) is 0 Å². The van der Waals surface area contributed by atoms with Crippen LogP contribution in [0, 0.1) is 0 Å². The first-order valence-corrected chi connectivity index (χ1v) is 7.92. The van der Waals surface area contributed by atoms with Crippen LogP contribution in [-0.2, 0) is 0 Å². The number of anilines is 1. The zero-order valence-corrected chi connectivity index (χ0v) is 13.2. The monoisotopic (exact) mass is 289 g/mol. The molecular formula is C17H27N3O. The Labute approximate surface area is 127 Å². The molecule has 0 radical (unpaired) electrons. The molecule has 0 bridgehead atoms. The van der Waals surface area contributed by atoms with Gasteiger partial charge in [-0.1, -0.05) is 12.8 Å². The lowest BCUT2D eigenvalue weighted by atomic mass is 10.1. The van der Waals surface area contributed by atoms with Crippen LogP contribution in [0.1, 0.15) is 42.5 Å². The van der Waals surface area contributed by atoms with Crippen LogP contribution >= 0.6 is 0 Å². The molecule has 1 aromatic carbocycles. The number of carbonyl (C=O) groups excluding carboxylic acids is 1. The molecule has 1 amide bonds. The molecule has 0 aromatic heterocycles. The zero-order valence-electron chi connectivity index (χ0n) is 13.2. The lowest BCUT2D eigenvalue weighted by molar-refractivity contribution is 0.0680. The van der Waals surface area contributed by atoms with Crippen molar-refractivity contribution in [2.75, 3.05) is 32.1 Å². The highest BCUT2D eigenvalue weighted by Crippen LogP contribution is 2.25. The van der Waals surface area contributed by atoms with Gasteiger partial charge in [0.15, 0.2) is 0 Å². The molecule has 21 heavy (non-hydrogen) atoms. The predicted octanol–water partition coefficient (Wildman–Crippen LogP) is 2.49. The smallest absolute Gasteiger partial charge is 0.254 e. The molecule has 4 nitrogen and oxygen atoms in total. The van der Waals surface area contributed by atoms with Gasteiger partial charge in [-0.15, -0.1) is 0 Å². The molecule has 0 unspecified atom stereocenters. The minimum atomic E-state index is 0.153. The number of hydrogen-bond donors (Lipinski definition) is 1. The summed E-state index contributed by atoms with van der Waals surface area (Å²) >= 11 is 0. The van der Waals surface area contributed by atoms with Crippen LogP contribution in [0.2, 0.25) is 0 Å². The summed E-state index contributed by atoms with van der Waals surface area (Å²) in [5.41, 5.74) is 7.52. The van der Waals surface area contributed by atoms with Crippen molar-refractivity contribution in [1.82, 2.24) is 4.90 Å². The van der Waals surface area contributed by atoms with E-state index in [0.29, 0.717) is 12.6 Å². The van der Waals surface area contributed by atoms with Gasteiger partial charge in [-0.05, 0) is 50.1 Å². The molecule has 1 fully saturated rings. The van der Waals surface area contributed by atoms with E-state index in [1.165, 1.54) is 12.8 Å². The molecule has 0 atom stereocenters. The molecule has 0 saturated heterocycles. The van der Waals surface area contributed by atoms with Gasteiger partial charge in [0.2, 0.25) is 0 Å². The van der Waals surface area contributed by atoms with Crippen LogP contribution in [0.25, 0.3) is 0 Å². The summed E-state index contributed by atoms with van der Waals surface area (Å²) in [7, 11) is 4.01. The normalized spacial score (nSPS) is 15.2. The number of carbonyl (C=O) groups is 1. The van der Waals surface area contributed by atoms with E-state index in [2.05, 4.69) is 0 Å². The van der Waals surface area contributed by atoms with Crippen molar-refractivity contribution in [1.29, 1.82) is 0 Å². The van der Waals surface area contributed by atoms with E-state index in [9.17, 15) is 4.79 Å². The van der Waals surface area contributed by atoms with E-state index in [4.69, 9.17) is 5.73 Å². The maximum atomic E-state index is 12.8. The summed E-state index contributed by atoms with van der Waals surface area (Å²) in [6.45, 7) is 1.41. The van der Waals surface area contributed by atoms with E-state index in [1.807, 2.05) is 48.2 Å². The fourth-order valence-electron chi connectivity index (χ4n) is 3.00. The Morgan fingerprint density at radius 2 is 1.81 bits per heavy atom. The van der Waals surface area contributed by atoms with Crippen LogP contribution in [0.5, 0.6) is 0 Å². The average molecular weight is 289 g/mol. The second-order valence-electron chi connectivity index (χ2n) is 6.02. The van der Waals surface area contributed by atoms with Gasteiger partial charge in [-0.3, -0.25) is 4.79 Å². The summed E-state index contributed by atoms with van der Waals surface area (Å²) in [5, 5.41) is 0. The molecule has 1 aliphatic rings. The fourth-order valence-corrected chi connectivity index (χ4v) is 3.00. The Balaban J connectivity index is 2.12. The van der Waals surface area contributed by atoms with E-state index in [-0.39, 0.29) is 5.91 Å². The summed E-state index contributed by atoms with van der Waals surface area (Å²) in [5.74, 6) is 0.153. The van der Waals surface area contributed by atoms with E-state index >= 15 is 0 Å². The number of amides is 1. The molecule has 116 valence electrons. The van der Waals surface area contributed by atoms with Gasteiger partial charge >= 0.3 is 0 Å². The predicted molar refractivity (Wildman–Crippen MR) is 87.7 cm³/mol. The van der Waals surface area contributed by atoms with Gasteiger partial charge in [0, 0.05) is 37.9 Å². The van der Waals surface area contributed by atoms with Crippen molar-refractivity contribution in [3.05, 3.63) is 29.8 Å². The summed E-state index contributed by atoms with van der Waals surface area (Å²) in [6.07, 6.45) is 5.60. The second-order valence-corrected chi connectivity index (χ2v) is 6.02. The molecular weight excluding hydrogens is 262 g/mol. The number of rotatable bonds is 6. The van der Waals surface area contributed by atoms with Gasteiger partial charge < -0.3 is 15.5 Å². The summed E-state index contributed by atoms with van der Waals surface area (Å²) in [6, 6.07) is 8.27. The first-order valence-electron chi connectivity index (χ1n) is 7.92.